The molecule has 0 atom stereocenters. The highest BCUT2D eigenvalue weighted by molar-refractivity contribution is 7.92. The van der Waals surface area contributed by atoms with Crippen LogP contribution in [0.4, 0.5) is 22.0 Å². The van der Waals surface area contributed by atoms with Gasteiger partial charge in [0, 0.05) is 16.6 Å². The minimum Gasteiger partial charge on any atom is -0.349 e. The average Bonchev–Trinajstić information content (AvgIpc) is 2.68. The third-order valence-corrected chi connectivity index (χ3v) is 7.61. The van der Waals surface area contributed by atoms with Crippen LogP contribution < -0.4 is 5.32 Å². The summed E-state index contributed by atoms with van der Waals surface area (Å²) in [4.78, 5) is 11.5. The van der Waals surface area contributed by atoms with Crippen LogP contribution in [0.2, 0.25) is 5.02 Å². The lowest BCUT2D eigenvalue weighted by atomic mass is 9.93. The summed E-state index contributed by atoms with van der Waals surface area (Å²) >= 11 is 5.72. The van der Waals surface area contributed by atoms with Gasteiger partial charge in [0.15, 0.2) is 0 Å². The first-order valence-electron chi connectivity index (χ1n) is 9.20. The smallest absolute Gasteiger partial charge is 0.349 e. The summed E-state index contributed by atoms with van der Waals surface area (Å²) in [6.07, 6.45) is -5.93. The van der Waals surface area contributed by atoms with Gasteiger partial charge < -0.3 is 5.32 Å². The minimum absolute atomic E-state index is 0.0174. The van der Waals surface area contributed by atoms with Crippen LogP contribution in [0.5, 0.6) is 0 Å². The molecule has 0 bridgehead atoms. The van der Waals surface area contributed by atoms with Crippen molar-refractivity contribution in [2.45, 2.75) is 47.8 Å². The van der Waals surface area contributed by atoms with Crippen LogP contribution in [0.15, 0.2) is 47.4 Å². The Bertz CT molecular complexity index is 1080. The molecule has 2 aromatic carbocycles. The van der Waals surface area contributed by atoms with Crippen molar-refractivity contribution in [2.75, 3.05) is 0 Å². The maximum atomic E-state index is 15.4. The second-order valence-electron chi connectivity index (χ2n) is 7.32. The number of hydrogen-bond acceptors (Lipinski definition) is 3. The van der Waals surface area contributed by atoms with Crippen molar-refractivity contribution in [1.29, 1.82) is 0 Å². The molecule has 31 heavy (non-hydrogen) atoms. The van der Waals surface area contributed by atoms with Gasteiger partial charge in [0.2, 0.25) is 14.8 Å². The lowest BCUT2D eigenvalue weighted by molar-refractivity contribution is -0.137. The van der Waals surface area contributed by atoms with Crippen molar-refractivity contribution in [1.82, 2.24) is 5.32 Å². The van der Waals surface area contributed by atoms with Crippen molar-refractivity contribution in [3.8, 4) is 0 Å². The first kappa shape index (κ1) is 23.5. The van der Waals surface area contributed by atoms with Crippen molar-refractivity contribution < 1.29 is 35.2 Å². The van der Waals surface area contributed by atoms with E-state index >= 15 is 4.39 Å². The number of carbonyl (C=O) groups excluding carboxylic acids is 1. The fourth-order valence-corrected chi connectivity index (χ4v) is 5.42. The topological polar surface area (TPSA) is 63.2 Å². The van der Waals surface area contributed by atoms with Crippen molar-refractivity contribution in [3.05, 3.63) is 64.4 Å². The summed E-state index contributed by atoms with van der Waals surface area (Å²) < 4.78 is 92.9. The first-order valence-corrected chi connectivity index (χ1v) is 11.1. The number of sulfone groups is 1. The first-order chi connectivity index (χ1) is 14.3. The Labute approximate surface area is 180 Å². The summed E-state index contributed by atoms with van der Waals surface area (Å²) in [5, 5.41) is -0.173. The molecule has 0 radical (unpaired) electrons. The van der Waals surface area contributed by atoms with Gasteiger partial charge in [-0.3, -0.25) is 4.79 Å². The maximum absolute atomic E-state index is 15.4. The second kappa shape index (κ2) is 8.38. The van der Waals surface area contributed by atoms with E-state index in [1.54, 1.807) is 0 Å². The standard InChI is InChI=1S/C20H17ClF5NO3S/c21-14-8-12(9-15(22)11-14)18(28)27-16-4-6-19(23,7-5-16)31(29,30)17-3-1-2-13(10-17)20(24,25)26/h1-3,8-11,16H,4-7H2,(H,27,28)/t16-,19-. The Kier molecular flexibility index (Phi) is 6.35. The fourth-order valence-electron chi connectivity index (χ4n) is 3.47. The number of hydrogen-bond donors (Lipinski definition) is 1. The molecule has 0 saturated heterocycles. The molecule has 1 N–H and O–H groups in total. The Morgan fingerprint density at radius 2 is 1.74 bits per heavy atom. The van der Waals surface area contributed by atoms with E-state index in [9.17, 15) is 30.8 Å². The number of benzene rings is 2. The average molecular weight is 482 g/mol. The van der Waals surface area contributed by atoms with Gasteiger partial charge in [0.05, 0.1) is 10.5 Å². The molecule has 0 unspecified atom stereocenters. The van der Waals surface area contributed by atoms with E-state index < -0.39 is 62.1 Å². The van der Waals surface area contributed by atoms with Gasteiger partial charge in [-0.05, 0) is 62.1 Å². The molecule has 1 aliphatic rings. The third-order valence-electron chi connectivity index (χ3n) is 5.15. The zero-order chi connectivity index (χ0) is 23.0. The highest BCUT2D eigenvalue weighted by atomic mass is 35.5. The van der Waals surface area contributed by atoms with E-state index in [0.717, 1.165) is 24.3 Å². The molecule has 4 nitrogen and oxygen atoms in total. The van der Waals surface area contributed by atoms with Crippen LogP contribution in [0.1, 0.15) is 41.6 Å². The van der Waals surface area contributed by atoms with Crippen molar-refractivity contribution in [2.24, 2.45) is 0 Å². The zero-order valence-corrected chi connectivity index (χ0v) is 17.4. The predicted molar refractivity (Wildman–Crippen MR) is 104 cm³/mol. The molecule has 3 rings (SSSR count). The van der Waals surface area contributed by atoms with Crippen LogP contribution in [-0.4, -0.2) is 25.4 Å². The van der Waals surface area contributed by atoms with Crippen molar-refractivity contribution in [3.63, 3.8) is 0 Å². The van der Waals surface area contributed by atoms with E-state index in [1.165, 1.54) is 6.07 Å². The van der Waals surface area contributed by atoms with E-state index in [0.29, 0.717) is 12.1 Å². The molecule has 168 valence electrons. The van der Waals surface area contributed by atoms with Crippen LogP contribution in [0, 0.1) is 5.82 Å². The van der Waals surface area contributed by atoms with E-state index in [4.69, 9.17) is 11.6 Å². The quantitative estimate of drug-likeness (QED) is 0.602. The number of halogens is 6. The molecule has 2 aromatic rings. The summed E-state index contributed by atoms with van der Waals surface area (Å²) in [6, 6.07) is 5.61. The molecule has 11 heteroatoms. The van der Waals surface area contributed by atoms with E-state index in [1.807, 2.05) is 0 Å². The maximum Gasteiger partial charge on any atom is 0.416 e. The van der Waals surface area contributed by atoms with Gasteiger partial charge in [0.25, 0.3) is 5.91 Å². The van der Waals surface area contributed by atoms with Crippen LogP contribution in [0.3, 0.4) is 0 Å². The summed E-state index contributed by atoms with van der Waals surface area (Å²) in [6.45, 7) is 0. The van der Waals surface area contributed by atoms with Gasteiger partial charge in [-0.2, -0.15) is 13.2 Å². The highest BCUT2D eigenvalue weighted by Crippen LogP contribution is 2.41. The third kappa shape index (κ3) is 5.01. The molecule has 0 spiro atoms. The fraction of sp³-hybridized carbons (Fsp3) is 0.350. The molecule has 1 saturated carbocycles. The second-order valence-corrected chi connectivity index (χ2v) is 9.96. The highest BCUT2D eigenvalue weighted by Gasteiger charge is 2.48. The Balaban J connectivity index is 1.72. The normalized spacial score (nSPS) is 22.2. The summed E-state index contributed by atoms with van der Waals surface area (Å²) in [7, 11) is -4.71. The molecule has 0 heterocycles. The summed E-state index contributed by atoms with van der Waals surface area (Å²) in [5.74, 6) is -1.37. The minimum atomic E-state index is -4.77. The molecule has 0 aromatic heterocycles. The predicted octanol–water partition coefficient (Wildman–Crippen LogP) is 5.31. The largest absolute Gasteiger partial charge is 0.416 e. The Morgan fingerprint density at radius 1 is 1.10 bits per heavy atom. The van der Waals surface area contributed by atoms with Gasteiger partial charge >= 0.3 is 6.18 Å². The number of rotatable bonds is 4. The zero-order valence-electron chi connectivity index (χ0n) is 15.8. The summed E-state index contributed by atoms with van der Waals surface area (Å²) in [5.41, 5.74) is -1.23. The monoisotopic (exact) mass is 481 g/mol. The van der Waals surface area contributed by atoms with E-state index in [-0.39, 0.29) is 23.4 Å². The number of nitrogens with one attached hydrogen (secondary N) is 1. The van der Waals surface area contributed by atoms with Gasteiger partial charge in [-0.1, -0.05) is 17.7 Å². The van der Waals surface area contributed by atoms with Crippen LogP contribution in [0.25, 0.3) is 0 Å². The molecule has 1 aliphatic carbocycles. The Hall–Kier alpha value is -2.20. The lowest BCUT2D eigenvalue weighted by Crippen LogP contribution is -2.45. The number of alkyl halides is 4. The van der Waals surface area contributed by atoms with Gasteiger partial charge in [0.1, 0.15) is 5.82 Å². The molecule has 1 fully saturated rings. The SMILES string of the molecule is O=C(N[C@H]1CC[C@](F)(S(=O)(=O)c2cccc(C(F)(F)F)c2)CC1)c1cc(F)cc(Cl)c1. The Morgan fingerprint density at radius 3 is 2.32 bits per heavy atom. The molecule has 1 amide bonds. The number of carbonyl (C=O) groups is 1. The molecular formula is C20H17ClF5NO3S. The van der Waals surface area contributed by atoms with Gasteiger partial charge in [-0.25, -0.2) is 17.2 Å². The lowest BCUT2D eigenvalue weighted by Gasteiger charge is -2.34. The van der Waals surface area contributed by atoms with Crippen molar-refractivity contribution >= 4 is 27.3 Å². The van der Waals surface area contributed by atoms with Crippen LogP contribution >= 0.6 is 11.6 Å². The van der Waals surface area contributed by atoms with Gasteiger partial charge in [-0.15, -0.1) is 0 Å². The molecule has 0 aliphatic heterocycles. The number of amides is 1. The van der Waals surface area contributed by atoms with E-state index in [2.05, 4.69) is 5.32 Å². The van der Waals surface area contributed by atoms with Crippen LogP contribution in [-0.2, 0) is 16.0 Å². The molecular weight excluding hydrogens is 465 g/mol.